The third kappa shape index (κ3) is 5.86. The van der Waals surface area contributed by atoms with E-state index in [1.54, 1.807) is 0 Å². The Balaban J connectivity index is 2.00. The van der Waals surface area contributed by atoms with E-state index < -0.39 is 12.0 Å². The lowest BCUT2D eigenvalue weighted by atomic mass is 9.99. The normalized spacial score (nSPS) is 12.8. The van der Waals surface area contributed by atoms with E-state index in [-0.39, 0.29) is 17.6 Å². The first kappa shape index (κ1) is 22.5. The number of carbonyl (C=O) groups excluding carboxylic acids is 2. The Hall–Kier alpha value is -2.75. The van der Waals surface area contributed by atoms with Gasteiger partial charge in [-0.3, -0.25) is 4.79 Å². The van der Waals surface area contributed by atoms with Crippen LogP contribution in [0.15, 0.2) is 29.4 Å². The zero-order valence-corrected chi connectivity index (χ0v) is 17.9. The van der Waals surface area contributed by atoms with Crippen molar-refractivity contribution >= 4 is 23.6 Å². The molecule has 29 heavy (non-hydrogen) atoms. The summed E-state index contributed by atoms with van der Waals surface area (Å²) in [5.74, 6) is 6.56. The van der Waals surface area contributed by atoms with Crippen molar-refractivity contribution in [1.29, 1.82) is 0 Å². The molecule has 0 bridgehead atoms. The van der Waals surface area contributed by atoms with E-state index in [9.17, 15) is 9.59 Å². The van der Waals surface area contributed by atoms with Crippen molar-refractivity contribution in [3.8, 4) is 17.1 Å². The van der Waals surface area contributed by atoms with Gasteiger partial charge in [0.15, 0.2) is 5.82 Å². The maximum Gasteiger partial charge on any atom is 0.328 e. The average Bonchev–Trinajstić information content (AvgIpc) is 3.10. The molecule has 1 aromatic heterocycles. The van der Waals surface area contributed by atoms with Gasteiger partial charge in [-0.15, -0.1) is 10.2 Å². The molecule has 2 rings (SSSR count). The molecule has 10 heteroatoms. The lowest BCUT2D eigenvalue weighted by Gasteiger charge is -2.21. The van der Waals surface area contributed by atoms with Crippen LogP contribution < -0.4 is 15.9 Å². The SMILES string of the molecule is CCOc1ccc(-c2nnc(SCC(=O)N[C@@H](C(=O)OC)[C@@H](C)CC)n2N)cc1. The molecule has 1 heterocycles. The zero-order valence-electron chi connectivity index (χ0n) is 17.0. The number of nitrogens with two attached hydrogens (primary N) is 1. The van der Waals surface area contributed by atoms with Crippen LogP contribution in [0.25, 0.3) is 11.4 Å². The molecule has 0 saturated heterocycles. The van der Waals surface area contributed by atoms with Gasteiger partial charge < -0.3 is 20.6 Å². The van der Waals surface area contributed by atoms with E-state index in [1.807, 2.05) is 45.0 Å². The number of amides is 1. The van der Waals surface area contributed by atoms with Gasteiger partial charge in [0, 0.05) is 5.56 Å². The van der Waals surface area contributed by atoms with Gasteiger partial charge in [-0.05, 0) is 37.1 Å². The number of methoxy groups -OCH3 is 1. The van der Waals surface area contributed by atoms with Crippen LogP contribution in [-0.2, 0) is 14.3 Å². The highest BCUT2D eigenvalue weighted by Crippen LogP contribution is 2.23. The van der Waals surface area contributed by atoms with Crippen LogP contribution in [0.5, 0.6) is 5.75 Å². The molecule has 9 nitrogen and oxygen atoms in total. The van der Waals surface area contributed by atoms with Gasteiger partial charge in [-0.1, -0.05) is 32.0 Å². The minimum atomic E-state index is -0.687. The van der Waals surface area contributed by atoms with Gasteiger partial charge >= 0.3 is 5.97 Å². The number of ether oxygens (including phenoxy) is 2. The van der Waals surface area contributed by atoms with E-state index in [4.69, 9.17) is 15.3 Å². The number of carbonyl (C=O) groups is 2. The lowest BCUT2D eigenvalue weighted by Crippen LogP contribution is -2.46. The highest BCUT2D eigenvalue weighted by molar-refractivity contribution is 7.99. The lowest BCUT2D eigenvalue weighted by molar-refractivity contribution is -0.146. The Bertz CT molecular complexity index is 825. The van der Waals surface area contributed by atoms with E-state index in [0.717, 1.165) is 29.5 Å². The minimum absolute atomic E-state index is 0.0409. The van der Waals surface area contributed by atoms with Crippen molar-refractivity contribution in [2.24, 2.45) is 5.92 Å². The predicted octanol–water partition coefficient (Wildman–Crippen LogP) is 1.85. The molecule has 1 aromatic carbocycles. The third-order valence-corrected chi connectivity index (χ3v) is 5.35. The van der Waals surface area contributed by atoms with Gasteiger partial charge in [0.05, 0.1) is 19.5 Å². The molecule has 0 unspecified atom stereocenters. The van der Waals surface area contributed by atoms with Crippen molar-refractivity contribution in [3.05, 3.63) is 24.3 Å². The number of nitrogens with one attached hydrogen (secondary N) is 1. The van der Waals surface area contributed by atoms with Crippen LogP contribution in [0.4, 0.5) is 0 Å². The fraction of sp³-hybridized carbons (Fsp3) is 0.474. The number of nitrogen functional groups attached to an aromatic ring is 1. The molecule has 0 aliphatic carbocycles. The summed E-state index contributed by atoms with van der Waals surface area (Å²) in [5.41, 5.74) is 0.780. The predicted molar refractivity (Wildman–Crippen MR) is 111 cm³/mol. The Morgan fingerprint density at radius 2 is 1.93 bits per heavy atom. The van der Waals surface area contributed by atoms with Gasteiger partial charge in [-0.2, -0.15) is 0 Å². The zero-order chi connectivity index (χ0) is 21.4. The van der Waals surface area contributed by atoms with Crippen LogP contribution in [0.2, 0.25) is 0 Å². The maximum absolute atomic E-state index is 12.3. The van der Waals surface area contributed by atoms with E-state index >= 15 is 0 Å². The molecule has 0 aliphatic heterocycles. The Kier molecular flexibility index (Phi) is 8.32. The Labute approximate surface area is 174 Å². The number of benzene rings is 1. The first-order valence-corrected chi connectivity index (χ1v) is 10.3. The number of thioether (sulfide) groups is 1. The molecular formula is C19H27N5O4S. The standard InChI is InChI=1S/C19H27N5O4S/c1-5-12(3)16(18(26)27-4)21-15(25)11-29-19-23-22-17(24(19)20)13-7-9-14(10-8-13)28-6-2/h7-10,12,16H,5-6,11,20H2,1-4H3,(H,21,25)/t12-,16+/m0/s1. The Morgan fingerprint density at radius 3 is 2.52 bits per heavy atom. The van der Waals surface area contributed by atoms with Crippen LogP contribution in [0, 0.1) is 5.92 Å². The van der Waals surface area contributed by atoms with E-state index in [1.165, 1.54) is 11.8 Å². The smallest absolute Gasteiger partial charge is 0.328 e. The van der Waals surface area contributed by atoms with Gasteiger partial charge in [0.2, 0.25) is 11.1 Å². The van der Waals surface area contributed by atoms with Crippen molar-refractivity contribution < 1.29 is 19.1 Å². The molecule has 0 saturated carbocycles. The maximum atomic E-state index is 12.3. The second kappa shape index (κ2) is 10.7. The van der Waals surface area contributed by atoms with Crippen molar-refractivity contribution in [3.63, 3.8) is 0 Å². The van der Waals surface area contributed by atoms with Crippen LogP contribution in [0.3, 0.4) is 0 Å². The fourth-order valence-electron chi connectivity index (χ4n) is 2.58. The molecule has 0 fully saturated rings. The molecule has 0 radical (unpaired) electrons. The Morgan fingerprint density at radius 1 is 1.24 bits per heavy atom. The topological polar surface area (TPSA) is 121 Å². The van der Waals surface area contributed by atoms with Gasteiger partial charge in [-0.25, -0.2) is 9.47 Å². The summed E-state index contributed by atoms with van der Waals surface area (Å²) >= 11 is 1.14. The number of aromatic nitrogens is 3. The molecule has 2 atom stereocenters. The van der Waals surface area contributed by atoms with Crippen molar-refractivity contribution in [2.45, 2.75) is 38.4 Å². The van der Waals surface area contributed by atoms with Crippen LogP contribution in [0.1, 0.15) is 27.2 Å². The summed E-state index contributed by atoms with van der Waals surface area (Å²) in [5, 5.41) is 11.3. The molecule has 0 aliphatic rings. The fourth-order valence-corrected chi connectivity index (χ4v) is 3.25. The summed E-state index contributed by atoms with van der Waals surface area (Å²) in [4.78, 5) is 24.2. The highest BCUT2D eigenvalue weighted by Gasteiger charge is 2.26. The average molecular weight is 422 g/mol. The quantitative estimate of drug-likeness (QED) is 0.339. The number of esters is 1. The summed E-state index contributed by atoms with van der Waals surface area (Å²) < 4.78 is 11.5. The second-order valence-corrected chi connectivity index (χ2v) is 7.32. The van der Waals surface area contributed by atoms with E-state index in [2.05, 4.69) is 15.5 Å². The highest BCUT2D eigenvalue weighted by atomic mass is 32.2. The number of hydrogen-bond acceptors (Lipinski definition) is 8. The molecule has 0 spiro atoms. The largest absolute Gasteiger partial charge is 0.494 e. The number of hydrogen-bond donors (Lipinski definition) is 2. The van der Waals surface area contributed by atoms with Crippen molar-refractivity contribution in [1.82, 2.24) is 20.2 Å². The minimum Gasteiger partial charge on any atom is -0.494 e. The van der Waals surface area contributed by atoms with Gasteiger partial charge in [0.1, 0.15) is 11.8 Å². The van der Waals surface area contributed by atoms with Crippen LogP contribution >= 0.6 is 11.8 Å². The number of nitrogens with zero attached hydrogens (tertiary/aromatic N) is 3. The molecule has 158 valence electrons. The third-order valence-electron chi connectivity index (χ3n) is 4.41. The summed E-state index contributed by atoms with van der Waals surface area (Å²) in [7, 11) is 1.30. The second-order valence-electron chi connectivity index (χ2n) is 6.38. The van der Waals surface area contributed by atoms with Crippen LogP contribution in [-0.4, -0.2) is 52.3 Å². The monoisotopic (exact) mass is 421 g/mol. The van der Waals surface area contributed by atoms with Gasteiger partial charge in [0.25, 0.3) is 0 Å². The molecule has 1 amide bonds. The summed E-state index contributed by atoms with van der Waals surface area (Å²) in [6.45, 7) is 6.33. The molecular weight excluding hydrogens is 394 g/mol. The number of rotatable bonds is 10. The summed E-state index contributed by atoms with van der Waals surface area (Å²) in [6, 6.07) is 6.65. The molecule has 2 aromatic rings. The summed E-state index contributed by atoms with van der Waals surface area (Å²) in [6.07, 6.45) is 0.732. The van der Waals surface area contributed by atoms with Crippen molar-refractivity contribution in [2.75, 3.05) is 25.3 Å². The first-order chi connectivity index (χ1) is 13.9. The molecule has 3 N–H and O–H groups in total. The first-order valence-electron chi connectivity index (χ1n) is 9.34. The van der Waals surface area contributed by atoms with E-state index in [0.29, 0.717) is 17.6 Å².